The van der Waals surface area contributed by atoms with E-state index in [-0.39, 0.29) is 34.8 Å². The highest BCUT2D eigenvalue weighted by molar-refractivity contribution is 7.92. The van der Waals surface area contributed by atoms with E-state index in [0.717, 1.165) is 32.6 Å². The molecule has 3 N–H and O–H groups in total. The van der Waals surface area contributed by atoms with Gasteiger partial charge >= 0.3 is 0 Å². The maximum absolute atomic E-state index is 12.8. The second kappa shape index (κ2) is 11.0. The normalized spacial score (nSPS) is 23.3. The second-order valence-corrected chi connectivity index (χ2v) is 12.1. The lowest BCUT2D eigenvalue weighted by Gasteiger charge is -2.15. The van der Waals surface area contributed by atoms with Crippen LogP contribution in [0.3, 0.4) is 0 Å². The van der Waals surface area contributed by atoms with Crippen LogP contribution < -0.4 is 11.1 Å². The van der Waals surface area contributed by atoms with Crippen LogP contribution in [0, 0.1) is 0 Å². The molecule has 0 saturated carbocycles. The van der Waals surface area contributed by atoms with Gasteiger partial charge in [0.2, 0.25) is 5.89 Å². The van der Waals surface area contributed by atoms with Gasteiger partial charge in [-0.05, 0) is 37.0 Å². The Kier molecular flexibility index (Phi) is 7.26. The van der Waals surface area contributed by atoms with Crippen LogP contribution >= 0.6 is 0 Å². The van der Waals surface area contributed by atoms with Crippen molar-refractivity contribution in [3.05, 3.63) is 60.2 Å². The number of nitrogens with one attached hydrogen (secondary N) is 1. The van der Waals surface area contributed by atoms with E-state index in [0.29, 0.717) is 36.2 Å². The van der Waals surface area contributed by atoms with Crippen molar-refractivity contribution in [2.75, 3.05) is 38.7 Å². The Bertz CT molecular complexity index is 1490. The molecule has 3 aromatic rings. The first-order valence-electron chi connectivity index (χ1n) is 13.0. The molecule has 1 aliphatic carbocycles. The van der Waals surface area contributed by atoms with Crippen LogP contribution in [0.4, 0.5) is 5.82 Å². The van der Waals surface area contributed by atoms with Gasteiger partial charge in [-0.15, -0.1) is 10.2 Å². The largest absolute Gasteiger partial charge is 0.419 e. The number of ether oxygens (including phenoxy) is 2. The standard InChI is InChI=1S/C27H30N6O5S/c28-25-24(27-33-32-26(38-27)19-3-1-17(2-4-19)13-29-20-9-11-36-15-20)31-23(14-30-25)18-5-7-21(8-6-18)39(34,35)22-10-12-37-16-22/h1-3,5-8,14,19-20,22,29H,4,9-13,15-16H2,(H2,28,30)/t19?,20-,22?/m0/s1. The molecule has 2 aliphatic heterocycles. The van der Waals surface area contributed by atoms with Crippen molar-refractivity contribution < 1.29 is 22.3 Å². The molecule has 2 aromatic heterocycles. The molecule has 1 aromatic carbocycles. The molecule has 204 valence electrons. The average molecular weight is 551 g/mol. The summed E-state index contributed by atoms with van der Waals surface area (Å²) in [5.41, 5.74) is 8.81. The van der Waals surface area contributed by atoms with Gasteiger partial charge in [-0.3, -0.25) is 0 Å². The number of allylic oxidation sites excluding steroid dienone is 2. The van der Waals surface area contributed by atoms with E-state index in [1.165, 1.54) is 11.8 Å². The van der Waals surface area contributed by atoms with Crippen molar-refractivity contribution in [3.8, 4) is 22.8 Å². The van der Waals surface area contributed by atoms with E-state index in [1.807, 2.05) is 0 Å². The smallest absolute Gasteiger partial charge is 0.270 e. The Morgan fingerprint density at radius 1 is 1.05 bits per heavy atom. The Morgan fingerprint density at radius 2 is 1.87 bits per heavy atom. The van der Waals surface area contributed by atoms with E-state index in [2.05, 4.69) is 43.7 Å². The summed E-state index contributed by atoms with van der Waals surface area (Å²) in [6.07, 6.45) is 10.2. The van der Waals surface area contributed by atoms with Gasteiger partial charge in [0.25, 0.3) is 5.89 Å². The van der Waals surface area contributed by atoms with Crippen LogP contribution in [-0.4, -0.2) is 72.8 Å². The van der Waals surface area contributed by atoms with E-state index >= 15 is 0 Å². The van der Waals surface area contributed by atoms with Crippen LogP contribution in [-0.2, 0) is 19.3 Å². The van der Waals surface area contributed by atoms with Gasteiger partial charge in [0.1, 0.15) is 0 Å². The zero-order chi connectivity index (χ0) is 26.8. The molecule has 12 heteroatoms. The summed E-state index contributed by atoms with van der Waals surface area (Å²) in [5, 5.41) is 11.4. The van der Waals surface area contributed by atoms with Gasteiger partial charge in [0, 0.05) is 31.4 Å². The first-order chi connectivity index (χ1) is 19.0. The average Bonchev–Trinajstić information content (AvgIpc) is 3.76. The van der Waals surface area contributed by atoms with Crippen molar-refractivity contribution in [3.63, 3.8) is 0 Å². The molecular formula is C27H30N6O5S. The molecule has 0 amide bonds. The van der Waals surface area contributed by atoms with Gasteiger partial charge in [-0.1, -0.05) is 30.4 Å². The van der Waals surface area contributed by atoms with E-state index < -0.39 is 15.1 Å². The maximum Gasteiger partial charge on any atom is 0.270 e. The topological polar surface area (TPSA) is 155 Å². The van der Waals surface area contributed by atoms with Crippen molar-refractivity contribution >= 4 is 15.7 Å². The molecule has 4 heterocycles. The lowest BCUT2D eigenvalue weighted by atomic mass is 9.96. The van der Waals surface area contributed by atoms with Gasteiger partial charge in [0.05, 0.1) is 41.2 Å². The molecular weight excluding hydrogens is 520 g/mol. The molecule has 0 bridgehead atoms. The number of nitrogens with two attached hydrogens (primary N) is 1. The molecule has 0 spiro atoms. The second-order valence-electron chi connectivity index (χ2n) is 9.91. The van der Waals surface area contributed by atoms with Crippen LogP contribution in [0.2, 0.25) is 0 Å². The fourth-order valence-corrected chi connectivity index (χ4v) is 6.46. The lowest BCUT2D eigenvalue weighted by molar-refractivity contribution is 0.190. The molecule has 3 atom stereocenters. The van der Waals surface area contributed by atoms with Crippen molar-refractivity contribution in [1.29, 1.82) is 0 Å². The summed E-state index contributed by atoms with van der Waals surface area (Å²) in [6, 6.07) is 6.99. The highest BCUT2D eigenvalue weighted by Crippen LogP contribution is 2.31. The van der Waals surface area contributed by atoms with Crippen LogP contribution in [0.1, 0.15) is 31.1 Å². The number of aromatic nitrogens is 4. The minimum Gasteiger partial charge on any atom is -0.419 e. The van der Waals surface area contributed by atoms with Gasteiger partial charge < -0.3 is 24.9 Å². The highest BCUT2D eigenvalue weighted by atomic mass is 32.2. The van der Waals surface area contributed by atoms with Gasteiger partial charge in [-0.25, -0.2) is 18.4 Å². The molecule has 6 rings (SSSR count). The quantitative estimate of drug-likeness (QED) is 0.425. The monoisotopic (exact) mass is 550 g/mol. The molecule has 3 aliphatic rings. The third-order valence-corrected chi connectivity index (χ3v) is 9.45. The lowest BCUT2D eigenvalue weighted by Crippen LogP contribution is -2.30. The van der Waals surface area contributed by atoms with Crippen molar-refractivity contribution in [2.45, 2.75) is 41.4 Å². The van der Waals surface area contributed by atoms with E-state index in [9.17, 15) is 8.42 Å². The van der Waals surface area contributed by atoms with Gasteiger partial charge in [-0.2, -0.15) is 0 Å². The van der Waals surface area contributed by atoms with Gasteiger partial charge in [0.15, 0.2) is 21.3 Å². The third-order valence-electron chi connectivity index (χ3n) is 7.27. The number of nitrogens with zero attached hydrogens (tertiary/aromatic N) is 4. The number of hydrogen-bond acceptors (Lipinski definition) is 11. The number of hydrogen-bond donors (Lipinski definition) is 2. The molecule has 2 saturated heterocycles. The predicted octanol–water partition coefficient (Wildman–Crippen LogP) is 2.69. The molecule has 0 radical (unpaired) electrons. The predicted molar refractivity (Wildman–Crippen MR) is 143 cm³/mol. The Labute approximate surface area is 226 Å². The minimum atomic E-state index is -3.45. The zero-order valence-electron chi connectivity index (χ0n) is 21.3. The van der Waals surface area contributed by atoms with E-state index in [4.69, 9.17) is 19.6 Å². The minimum absolute atomic E-state index is 0.0399. The summed E-state index contributed by atoms with van der Waals surface area (Å²) in [4.78, 5) is 9.13. The SMILES string of the molecule is Nc1ncc(-c2ccc(S(=O)(=O)C3CCOC3)cc2)nc1-c1nnc(C2C=CC(CN[C@H]3CCOC3)=CC2)o1. The number of sulfone groups is 1. The number of anilines is 1. The third kappa shape index (κ3) is 5.50. The molecule has 11 nitrogen and oxygen atoms in total. The fourth-order valence-electron chi connectivity index (χ4n) is 4.88. The number of benzene rings is 1. The summed E-state index contributed by atoms with van der Waals surface area (Å²) in [5.74, 6) is 0.786. The molecule has 2 unspecified atom stereocenters. The summed E-state index contributed by atoms with van der Waals surface area (Å²) >= 11 is 0. The van der Waals surface area contributed by atoms with Crippen LogP contribution in [0.25, 0.3) is 22.8 Å². The Morgan fingerprint density at radius 3 is 2.59 bits per heavy atom. The van der Waals surface area contributed by atoms with Crippen molar-refractivity contribution in [1.82, 2.24) is 25.5 Å². The van der Waals surface area contributed by atoms with Crippen LogP contribution in [0.15, 0.2) is 63.6 Å². The number of nitrogen functional groups attached to an aromatic ring is 1. The summed E-state index contributed by atoms with van der Waals surface area (Å²) < 4.78 is 42.3. The summed E-state index contributed by atoms with van der Waals surface area (Å²) in [6.45, 7) is 3.07. The fraction of sp³-hybridized carbons (Fsp3) is 0.407. The summed E-state index contributed by atoms with van der Waals surface area (Å²) in [7, 11) is -3.45. The van der Waals surface area contributed by atoms with Crippen molar-refractivity contribution in [2.24, 2.45) is 0 Å². The Balaban J connectivity index is 1.15. The maximum atomic E-state index is 12.8. The van der Waals surface area contributed by atoms with Crippen LogP contribution in [0.5, 0.6) is 0 Å². The molecule has 2 fully saturated rings. The highest BCUT2D eigenvalue weighted by Gasteiger charge is 2.31. The zero-order valence-corrected chi connectivity index (χ0v) is 22.1. The van der Waals surface area contributed by atoms with E-state index in [1.54, 1.807) is 24.3 Å². The Hall–Kier alpha value is -3.45. The first-order valence-corrected chi connectivity index (χ1v) is 14.6. The number of rotatable bonds is 8. The molecule has 39 heavy (non-hydrogen) atoms. The first kappa shape index (κ1) is 25.8.